The van der Waals surface area contributed by atoms with Gasteiger partial charge in [0.05, 0.1) is 11.7 Å². The number of nitrogens with one attached hydrogen (secondary N) is 2. The predicted octanol–water partition coefficient (Wildman–Crippen LogP) is 3.39. The van der Waals surface area contributed by atoms with Gasteiger partial charge in [0.15, 0.2) is 0 Å². The van der Waals surface area contributed by atoms with Gasteiger partial charge < -0.3 is 10.6 Å². The van der Waals surface area contributed by atoms with Crippen molar-refractivity contribution in [1.82, 2.24) is 5.32 Å². The summed E-state index contributed by atoms with van der Waals surface area (Å²) in [7, 11) is 0. The first-order valence-corrected chi connectivity index (χ1v) is 7.57. The Labute approximate surface area is 123 Å². The van der Waals surface area contributed by atoms with Crippen LogP contribution in [0.2, 0.25) is 0 Å². The van der Waals surface area contributed by atoms with E-state index >= 15 is 0 Å². The lowest BCUT2D eigenvalue weighted by Gasteiger charge is -2.27. The molecule has 1 aliphatic rings. The number of carbonyl (C=O) groups is 1. The highest BCUT2D eigenvalue weighted by Crippen LogP contribution is 2.28. The molecule has 0 bridgehead atoms. The van der Waals surface area contributed by atoms with Gasteiger partial charge >= 0.3 is 0 Å². The number of aryl methyl sites for hydroxylation is 2. The average Bonchev–Trinajstić information content (AvgIpc) is 2.33. The van der Waals surface area contributed by atoms with Crippen molar-refractivity contribution in [3.8, 4) is 0 Å². The molecule has 1 amide bonds. The SMILES string of the molecule is Cc1cc(C)c(NC(=O)C2CC(C)CCN2)c(Br)c1. The number of benzene rings is 1. The highest BCUT2D eigenvalue weighted by Gasteiger charge is 2.25. The quantitative estimate of drug-likeness (QED) is 0.875. The van der Waals surface area contributed by atoms with E-state index in [1.54, 1.807) is 0 Å². The molecule has 0 radical (unpaired) electrons. The number of carbonyl (C=O) groups excluding carboxylic acids is 1. The number of halogens is 1. The maximum absolute atomic E-state index is 12.3. The molecule has 1 saturated heterocycles. The molecule has 0 spiro atoms. The number of anilines is 1. The van der Waals surface area contributed by atoms with Gasteiger partial charge in [-0.25, -0.2) is 0 Å². The minimum Gasteiger partial charge on any atom is -0.323 e. The monoisotopic (exact) mass is 324 g/mol. The normalized spacial score (nSPS) is 23.2. The number of hydrogen-bond acceptors (Lipinski definition) is 2. The molecule has 1 heterocycles. The molecule has 1 aliphatic heterocycles. The van der Waals surface area contributed by atoms with Gasteiger partial charge in [-0.1, -0.05) is 13.0 Å². The molecule has 1 aromatic carbocycles. The van der Waals surface area contributed by atoms with Crippen molar-refractivity contribution in [2.75, 3.05) is 11.9 Å². The highest BCUT2D eigenvalue weighted by molar-refractivity contribution is 9.10. The van der Waals surface area contributed by atoms with E-state index in [-0.39, 0.29) is 11.9 Å². The second kappa shape index (κ2) is 6.06. The summed E-state index contributed by atoms with van der Waals surface area (Å²) < 4.78 is 0.946. The third kappa shape index (κ3) is 3.57. The van der Waals surface area contributed by atoms with Crippen molar-refractivity contribution in [3.05, 3.63) is 27.7 Å². The first-order chi connectivity index (χ1) is 8.97. The van der Waals surface area contributed by atoms with E-state index in [4.69, 9.17) is 0 Å². The molecule has 104 valence electrons. The summed E-state index contributed by atoms with van der Waals surface area (Å²) in [5, 5.41) is 6.34. The standard InChI is InChI=1S/C15H21BrN2O/c1-9-4-5-17-13(8-9)15(19)18-14-11(3)6-10(2)7-12(14)16/h6-7,9,13,17H,4-5,8H2,1-3H3,(H,18,19). The van der Waals surface area contributed by atoms with Crippen LogP contribution in [0.15, 0.2) is 16.6 Å². The van der Waals surface area contributed by atoms with Crippen molar-refractivity contribution in [2.24, 2.45) is 5.92 Å². The summed E-state index contributed by atoms with van der Waals surface area (Å²) in [4.78, 5) is 12.3. The van der Waals surface area contributed by atoms with Crippen molar-refractivity contribution < 1.29 is 4.79 Å². The fourth-order valence-corrected chi connectivity index (χ4v) is 3.36. The zero-order valence-corrected chi connectivity index (χ0v) is 13.3. The second-order valence-corrected chi connectivity index (χ2v) is 6.42. The summed E-state index contributed by atoms with van der Waals surface area (Å²) in [5.74, 6) is 0.679. The third-order valence-electron chi connectivity index (χ3n) is 3.66. The first kappa shape index (κ1) is 14.5. The molecule has 1 fully saturated rings. The fourth-order valence-electron chi connectivity index (χ4n) is 2.59. The topological polar surface area (TPSA) is 41.1 Å². The first-order valence-electron chi connectivity index (χ1n) is 6.78. The van der Waals surface area contributed by atoms with Crippen LogP contribution >= 0.6 is 15.9 Å². The highest BCUT2D eigenvalue weighted by atomic mass is 79.9. The van der Waals surface area contributed by atoms with Gasteiger partial charge in [-0.05, 0) is 72.3 Å². The number of amides is 1. The van der Waals surface area contributed by atoms with Crippen LogP contribution in [-0.4, -0.2) is 18.5 Å². The minimum absolute atomic E-state index is 0.0687. The van der Waals surface area contributed by atoms with Crippen LogP contribution in [0.4, 0.5) is 5.69 Å². The van der Waals surface area contributed by atoms with Crippen LogP contribution in [0, 0.1) is 19.8 Å². The lowest BCUT2D eigenvalue weighted by atomic mass is 9.94. The van der Waals surface area contributed by atoms with Crippen molar-refractivity contribution in [3.63, 3.8) is 0 Å². The molecule has 19 heavy (non-hydrogen) atoms. The van der Waals surface area contributed by atoms with Gasteiger partial charge in [-0.3, -0.25) is 4.79 Å². The van der Waals surface area contributed by atoms with Gasteiger partial charge in [0, 0.05) is 4.47 Å². The smallest absolute Gasteiger partial charge is 0.241 e. The lowest BCUT2D eigenvalue weighted by molar-refractivity contribution is -0.119. The molecule has 2 rings (SSSR count). The zero-order chi connectivity index (χ0) is 14.0. The Morgan fingerprint density at radius 3 is 2.79 bits per heavy atom. The van der Waals surface area contributed by atoms with Gasteiger partial charge in [0.25, 0.3) is 0 Å². The largest absolute Gasteiger partial charge is 0.323 e. The number of piperidine rings is 1. The third-order valence-corrected chi connectivity index (χ3v) is 4.29. The Morgan fingerprint density at radius 2 is 2.16 bits per heavy atom. The van der Waals surface area contributed by atoms with Crippen molar-refractivity contribution in [2.45, 2.75) is 39.7 Å². The van der Waals surface area contributed by atoms with E-state index < -0.39 is 0 Å². The maximum atomic E-state index is 12.3. The molecule has 4 heteroatoms. The Balaban J connectivity index is 2.10. The molecule has 1 aromatic rings. The Bertz CT molecular complexity index is 464. The number of rotatable bonds is 2. The van der Waals surface area contributed by atoms with Crippen LogP contribution in [0.25, 0.3) is 0 Å². The van der Waals surface area contributed by atoms with Gasteiger partial charge in [0.1, 0.15) is 0 Å². The van der Waals surface area contributed by atoms with Gasteiger partial charge in [-0.15, -0.1) is 0 Å². The van der Waals surface area contributed by atoms with Crippen LogP contribution in [-0.2, 0) is 4.79 Å². The molecule has 2 atom stereocenters. The molecule has 3 nitrogen and oxygen atoms in total. The van der Waals surface area contributed by atoms with Crippen LogP contribution < -0.4 is 10.6 Å². The van der Waals surface area contributed by atoms with E-state index in [0.29, 0.717) is 5.92 Å². The molecule has 2 unspecified atom stereocenters. The predicted molar refractivity (Wildman–Crippen MR) is 82.4 cm³/mol. The van der Waals surface area contributed by atoms with E-state index in [0.717, 1.165) is 35.1 Å². The fraction of sp³-hybridized carbons (Fsp3) is 0.533. The van der Waals surface area contributed by atoms with E-state index in [1.807, 2.05) is 19.9 Å². The van der Waals surface area contributed by atoms with Crippen LogP contribution in [0.1, 0.15) is 30.9 Å². The summed E-state index contributed by atoms with van der Waals surface area (Å²) in [6.45, 7) is 7.19. The van der Waals surface area contributed by atoms with Crippen LogP contribution in [0.3, 0.4) is 0 Å². The summed E-state index contributed by atoms with van der Waals surface area (Å²) in [6.07, 6.45) is 2.06. The Kier molecular flexibility index (Phi) is 4.63. The molecule has 0 aliphatic carbocycles. The van der Waals surface area contributed by atoms with Crippen molar-refractivity contribution in [1.29, 1.82) is 0 Å². The van der Waals surface area contributed by atoms with E-state index in [1.165, 1.54) is 5.56 Å². The van der Waals surface area contributed by atoms with E-state index in [9.17, 15) is 4.79 Å². The lowest BCUT2D eigenvalue weighted by Crippen LogP contribution is -2.45. The Hall–Kier alpha value is -0.870. The summed E-state index contributed by atoms with van der Waals surface area (Å²) >= 11 is 3.53. The summed E-state index contributed by atoms with van der Waals surface area (Å²) in [6, 6.07) is 4.04. The minimum atomic E-state index is -0.0728. The number of hydrogen-bond donors (Lipinski definition) is 2. The summed E-state index contributed by atoms with van der Waals surface area (Å²) in [5.41, 5.74) is 3.16. The molecule has 0 saturated carbocycles. The molecular formula is C15H21BrN2O. The zero-order valence-electron chi connectivity index (χ0n) is 11.7. The maximum Gasteiger partial charge on any atom is 0.241 e. The molecular weight excluding hydrogens is 304 g/mol. The van der Waals surface area contributed by atoms with Gasteiger partial charge in [-0.2, -0.15) is 0 Å². The molecule has 2 N–H and O–H groups in total. The Morgan fingerprint density at radius 1 is 1.42 bits per heavy atom. The average molecular weight is 325 g/mol. The second-order valence-electron chi connectivity index (χ2n) is 5.56. The van der Waals surface area contributed by atoms with Gasteiger partial charge in [0.2, 0.25) is 5.91 Å². The van der Waals surface area contributed by atoms with E-state index in [2.05, 4.69) is 39.6 Å². The molecule has 0 aromatic heterocycles. The van der Waals surface area contributed by atoms with Crippen LogP contribution in [0.5, 0.6) is 0 Å². The van der Waals surface area contributed by atoms with Crippen molar-refractivity contribution >= 4 is 27.5 Å².